The van der Waals surface area contributed by atoms with Crippen LogP contribution in [0.5, 0.6) is 0 Å². The predicted octanol–water partition coefficient (Wildman–Crippen LogP) is 3.95. The number of aromatic nitrogens is 3. The van der Waals surface area contributed by atoms with Gasteiger partial charge in [0.15, 0.2) is 11.7 Å². The first-order valence-corrected chi connectivity index (χ1v) is 11.3. The second-order valence-corrected chi connectivity index (χ2v) is 8.25. The average molecular weight is 479 g/mol. The largest absolute Gasteiger partial charge is 0.441 e. The number of carbonyl (C=O) groups is 1. The van der Waals surface area contributed by atoms with Crippen LogP contribution < -0.4 is 0 Å². The van der Waals surface area contributed by atoms with E-state index in [-0.39, 0.29) is 36.0 Å². The van der Waals surface area contributed by atoms with Gasteiger partial charge in [0.25, 0.3) is 0 Å². The Morgan fingerprint density at radius 1 is 0.943 bits per heavy atom. The summed E-state index contributed by atoms with van der Waals surface area (Å²) in [6, 6.07) is 13.2. The Bertz CT molecular complexity index is 1280. The molecule has 1 aliphatic rings. The SMILES string of the molecule is O=C(CCc1ncc(-c2c(F)cccc2F)o1)N1CCN(Cc2nc(-c3ccccc3)no2)CC1. The molecule has 2 aromatic carbocycles. The number of nitrogens with zero attached hydrogens (tertiary/aromatic N) is 5. The zero-order valence-corrected chi connectivity index (χ0v) is 18.9. The third kappa shape index (κ3) is 5.27. The molecule has 1 saturated heterocycles. The minimum absolute atomic E-state index is 0.00751. The second-order valence-electron chi connectivity index (χ2n) is 8.25. The highest BCUT2D eigenvalue weighted by Gasteiger charge is 2.23. The second kappa shape index (κ2) is 10.1. The molecule has 0 radical (unpaired) electrons. The lowest BCUT2D eigenvalue weighted by Crippen LogP contribution is -2.48. The maximum Gasteiger partial charge on any atom is 0.241 e. The Morgan fingerprint density at radius 3 is 2.43 bits per heavy atom. The lowest BCUT2D eigenvalue weighted by atomic mass is 10.1. The smallest absolute Gasteiger partial charge is 0.241 e. The summed E-state index contributed by atoms with van der Waals surface area (Å²) < 4.78 is 38.8. The standard InChI is InChI=1S/C25H23F2N5O3/c26-18-7-4-8-19(27)24(18)20-15-28-21(34-20)9-10-23(33)32-13-11-31(12-14-32)16-22-29-25(30-35-22)17-5-2-1-3-6-17/h1-8,15H,9-14,16H2. The number of halogens is 2. The van der Waals surface area contributed by atoms with Gasteiger partial charge in [-0.05, 0) is 12.1 Å². The molecule has 10 heteroatoms. The summed E-state index contributed by atoms with van der Waals surface area (Å²) in [5.74, 6) is -0.104. The van der Waals surface area contributed by atoms with Crippen molar-refractivity contribution in [3.8, 4) is 22.7 Å². The van der Waals surface area contributed by atoms with E-state index < -0.39 is 11.6 Å². The summed E-state index contributed by atoms with van der Waals surface area (Å²) >= 11 is 0. The van der Waals surface area contributed by atoms with Crippen LogP contribution in [0, 0.1) is 11.6 Å². The highest BCUT2D eigenvalue weighted by atomic mass is 19.1. The number of rotatable bonds is 7. The molecular formula is C25H23F2N5O3. The zero-order valence-electron chi connectivity index (χ0n) is 18.9. The van der Waals surface area contributed by atoms with E-state index in [1.165, 1.54) is 12.3 Å². The van der Waals surface area contributed by atoms with Gasteiger partial charge in [0.2, 0.25) is 17.6 Å². The molecule has 3 heterocycles. The number of hydrogen-bond donors (Lipinski definition) is 0. The van der Waals surface area contributed by atoms with Gasteiger partial charge in [0.05, 0.1) is 18.3 Å². The average Bonchev–Trinajstić information content (AvgIpc) is 3.53. The van der Waals surface area contributed by atoms with Gasteiger partial charge in [0, 0.05) is 44.6 Å². The molecule has 5 rings (SSSR count). The third-order valence-electron chi connectivity index (χ3n) is 5.90. The lowest BCUT2D eigenvalue weighted by molar-refractivity contribution is -0.133. The van der Waals surface area contributed by atoms with E-state index in [2.05, 4.69) is 20.0 Å². The molecular weight excluding hydrogens is 456 g/mol. The number of aryl methyl sites for hydroxylation is 1. The van der Waals surface area contributed by atoms with Crippen molar-refractivity contribution in [2.75, 3.05) is 26.2 Å². The topological polar surface area (TPSA) is 88.5 Å². The number of carbonyl (C=O) groups excluding carboxylic acids is 1. The summed E-state index contributed by atoms with van der Waals surface area (Å²) in [6.07, 6.45) is 1.73. The van der Waals surface area contributed by atoms with Crippen LogP contribution in [-0.2, 0) is 17.8 Å². The van der Waals surface area contributed by atoms with Crippen LogP contribution in [0.25, 0.3) is 22.7 Å². The number of amides is 1. The van der Waals surface area contributed by atoms with Crippen LogP contribution in [0.3, 0.4) is 0 Å². The predicted molar refractivity (Wildman–Crippen MR) is 122 cm³/mol. The summed E-state index contributed by atoms with van der Waals surface area (Å²) in [6.45, 7) is 3.05. The van der Waals surface area contributed by atoms with Gasteiger partial charge in [-0.2, -0.15) is 4.98 Å². The van der Waals surface area contributed by atoms with Crippen LogP contribution in [0.15, 0.2) is 63.7 Å². The quantitative estimate of drug-likeness (QED) is 0.397. The summed E-state index contributed by atoms with van der Waals surface area (Å²) in [5.41, 5.74) is 0.640. The Morgan fingerprint density at radius 2 is 1.69 bits per heavy atom. The van der Waals surface area contributed by atoms with E-state index in [0.717, 1.165) is 17.7 Å². The van der Waals surface area contributed by atoms with Gasteiger partial charge in [0.1, 0.15) is 11.6 Å². The minimum atomic E-state index is -0.724. The highest BCUT2D eigenvalue weighted by Crippen LogP contribution is 2.27. The van der Waals surface area contributed by atoms with Crippen LogP contribution in [0.1, 0.15) is 18.2 Å². The molecule has 8 nitrogen and oxygen atoms in total. The molecule has 2 aromatic heterocycles. The number of hydrogen-bond acceptors (Lipinski definition) is 7. The van der Waals surface area contributed by atoms with Gasteiger partial charge in [-0.3, -0.25) is 9.69 Å². The molecule has 1 aliphatic heterocycles. The normalized spacial score (nSPS) is 14.4. The Labute approximate surface area is 200 Å². The monoisotopic (exact) mass is 479 g/mol. The van der Waals surface area contributed by atoms with Crippen molar-refractivity contribution in [2.45, 2.75) is 19.4 Å². The van der Waals surface area contributed by atoms with E-state index in [1.54, 1.807) is 4.90 Å². The van der Waals surface area contributed by atoms with E-state index >= 15 is 0 Å². The van der Waals surface area contributed by atoms with E-state index in [1.807, 2.05) is 30.3 Å². The van der Waals surface area contributed by atoms with Crippen LogP contribution in [-0.4, -0.2) is 57.0 Å². The summed E-state index contributed by atoms with van der Waals surface area (Å²) in [4.78, 5) is 25.1. The number of piperazine rings is 1. The molecule has 0 spiro atoms. The molecule has 35 heavy (non-hydrogen) atoms. The van der Waals surface area contributed by atoms with Crippen molar-refractivity contribution in [3.63, 3.8) is 0 Å². The van der Waals surface area contributed by atoms with Crippen molar-refractivity contribution in [1.82, 2.24) is 24.9 Å². The van der Waals surface area contributed by atoms with Gasteiger partial charge in [-0.1, -0.05) is 41.6 Å². The molecule has 1 amide bonds. The van der Waals surface area contributed by atoms with Crippen LogP contribution in [0.4, 0.5) is 8.78 Å². The van der Waals surface area contributed by atoms with Gasteiger partial charge in [-0.25, -0.2) is 13.8 Å². The lowest BCUT2D eigenvalue weighted by Gasteiger charge is -2.33. The fourth-order valence-electron chi connectivity index (χ4n) is 4.02. The third-order valence-corrected chi connectivity index (χ3v) is 5.90. The Hall–Kier alpha value is -3.92. The molecule has 180 valence electrons. The van der Waals surface area contributed by atoms with E-state index in [4.69, 9.17) is 8.94 Å². The first-order valence-electron chi connectivity index (χ1n) is 11.3. The molecule has 0 bridgehead atoms. The molecule has 1 fully saturated rings. The van der Waals surface area contributed by atoms with Crippen molar-refractivity contribution in [3.05, 3.63) is 78.1 Å². The van der Waals surface area contributed by atoms with E-state index in [0.29, 0.717) is 44.4 Å². The highest BCUT2D eigenvalue weighted by molar-refractivity contribution is 5.76. The van der Waals surface area contributed by atoms with Crippen molar-refractivity contribution >= 4 is 5.91 Å². The van der Waals surface area contributed by atoms with E-state index in [9.17, 15) is 13.6 Å². The maximum atomic E-state index is 13.9. The molecule has 0 aliphatic carbocycles. The minimum Gasteiger partial charge on any atom is -0.441 e. The first-order chi connectivity index (χ1) is 17.1. The van der Waals surface area contributed by atoms with Crippen LogP contribution >= 0.6 is 0 Å². The zero-order chi connectivity index (χ0) is 24.2. The molecule has 0 unspecified atom stereocenters. The maximum absolute atomic E-state index is 13.9. The van der Waals surface area contributed by atoms with Crippen molar-refractivity contribution < 1.29 is 22.5 Å². The van der Waals surface area contributed by atoms with Crippen molar-refractivity contribution in [1.29, 1.82) is 0 Å². The number of oxazole rings is 1. The molecule has 4 aromatic rings. The fraction of sp³-hybridized carbons (Fsp3) is 0.280. The Kier molecular flexibility index (Phi) is 6.62. The fourth-order valence-corrected chi connectivity index (χ4v) is 4.02. The summed E-state index contributed by atoms with van der Waals surface area (Å²) in [7, 11) is 0. The van der Waals surface area contributed by atoms with Gasteiger partial charge >= 0.3 is 0 Å². The summed E-state index contributed by atoms with van der Waals surface area (Å²) in [5, 5.41) is 4.05. The van der Waals surface area contributed by atoms with Crippen LogP contribution in [0.2, 0.25) is 0 Å². The first kappa shape index (κ1) is 22.9. The van der Waals surface area contributed by atoms with Gasteiger partial charge in [-0.15, -0.1) is 0 Å². The molecule has 0 N–H and O–H groups in total. The molecule has 0 atom stereocenters. The number of benzene rings is 2. The Balaban J connectivity index is 1.10. The molecule has 0 saturated carbocycles. The van der Waals surface area contributed by atoms with Gasteiger partial charge < -0.3 is 13.8 Å². The van der Waals surface area contributed by atoms with Crippen molar-refractivity contribution in [2.24, 2.45) is 0 Å².